The zero-order valence-electron chi connectivity index (χ0n) is 9.88. The summed E-state index contributed by atoms with van der Waals surface area (Å²) in [5.74, 6) is 0.626. The van der Waals surface area contributed by atoms with E-state index < -0.39 is 0 Å². The molecule has 0 aliphatic carbocycles. The first-order valence-corrected chi connectivity index (χ1v) is 7.10. The monoisotopic (exact) mass is 317 g/mol. The minimum Gasteiger partial charge on any atom is -0.378 e. The van der Waals surface area contributed by atoms with Gasteiger partial charge in [0.05, 0.1) is 6.10 Å². The van der Waals surface area contributed by atoms with Crippen LogP contribution >= 0.6 is 27.5 Å². The van der Waals surface area contributed by atoms with E-state index in [2.05, 4.69) is 34.2 Å². The van der Waals surface area contributed by atoms with Crippen LogP contribution in [0.5, 0.6) is 0 Å². The van der Waals surface area contributed by atoms with Crippen LogP contribution in [0.1, 0.15) is 18.9 Å². The summed E-state index contributed by atoms with van der Waals surface area (Å²) >= 11 is 9.59. The summed E-state index contributed by atoms with van der Waals surface area (Å²) in [5.41, 5.74) is 1.13. The van der Waals surface area contributed by atoms with E-state index in [9.17, 15) is 0 Å². The number of ether oxygens (including phenoxy) is 1. The largest absolute Gasteiger partial charge is 0.378 e. The zero-order chi connectivity index (χ0) is 12.3. The van der Waals surface area contributed by atoms with Gasteiger partial charge in [-0.1, -0.05) is 27.5 Å². The van der Waals surface area contributed by atoms with Crippen molar-refractivity contribution in [1.82, 2.24) is 5.32 Å². The molecule has 1 aromatic rings. The molecular weight excluding hydrogens is 302 g/mol. The van der Waals surface area contributed by atoms with Gasteiger partial charge in [0.25, 0.3) is 0 Å². The highest BCUT2D eigenvalue weighted by atomic mass is 79.9. The predicted octanol–water partition coefficient (Wildman–Crippen LogP) is 3.62. The van der Waals surface area contributed by atoms with Crippen LogP contribution in [0, 0.1) is 5.92 Å². The maximum atomic E-state index is 6.13. The van der Waals surface area contributed by atoms with Crippen LogP contribution in [0.15, 0.2) is 22.7 Å². The molecule has 0 saturated carbocycles. The highest BCUT2D eigenvalue weighted by Crippen LogP contribution is 2.22. The zero-order valence-corrected chi connectivity index (χ0v) is 12.2. The maximum Gasteiger partial charge on any atom is 0.0588 e. The second kappa shape index (κ2) is 6.19. The molecule has 0 radical (unpaired) electrons. The standard InChI is InChI=1S/C13H17BrClNO/c1-9-10(4-5-17-9)7-16-8-11-6-12(14)2-3-13(11)15/h2-3,6,9-10,16H,4-5,7-8H2,1H3. The van der Waals surface area contributed by atoms with Gasteiger partial charge in [-0.2, -0.15) is 0 Å². The van der Waals surface area contributed by atoms with Crippen molar-refractivity contribution in [3.8, 4) is 0 Å². The predicted molar refractivity (Wildman–Crippen MR) is 74.4 cm³/mol. The summed E-state index contributed by atoms with van der Waals surface area (Å²) in [6.45, 7) is 4.84. The highest BCUT2D eigenvalue weighted by molar-refractivity contribution is 9.10. The normalized spacial score (nSPS) is 24.2. The number of benzene rings is 1. The van der Waals surface area contributed by atoms with Crippen LogP contribution in [0.2, 0.25) is 5.02 Å². The molecule has 1 heterocycles. The van der Waals surface area contributed by atoms with E-state index in [0.717, 1.165) is 41.2 Å². The molecule has 2 unspecified atom stereocenters. The number of rotatable bonds is 4. The van der Waals surface area contributed by atoms with Gasteiger partial charge in [-0.05, 0) is 43.0 Å². The third kappa shape index (κ3) is 3.68. The van der Waals surface area contributed by atoms with Gasteiger partial charge in [0.2, 0.25) is 0 Å². The molecule has 94 valence electrons. The van der Waals surface area contributed by atoms with Crippen molar-refractivity contribution in [2.75, 3.05) is 13.2 Å². The van der Waals surface area contributed by atoms with Gasteiger partial charge in [0.15, 0.2) is 0 Å². The summed E-state index contributed by atoms with van der Waals surface area (Å²) < 4.78 is 6.60. The fourth-order valence-corrected chi connectivity index (χ4v) is 2.71. The first kappa shape index (κ1) is 13.3. The Balaban J connectivity index is 1.83. The van der Waals surface area contributed by atoms with Crippen molar-refractivity contribution in [2.45, 2.75) is 26.0 Å². The van der Waals surface area contributed by atoms with Gasteiger partial charge in [-0.25, -0.2) is 0 Å². The molecule has 2 rings (SSSR count). The Morgan fingerprint density at radius 1 is 1.53 bits per heavy atom. The Morgan fingerprint density at radius 3 is 3.06 bits per heavy atom. The van der Waals surface area contributed by atoms with Crippen LogP contribution < -0.4 is 5.32 Å². The Labute approximate surface area is 116 Å². The van der Waals surface area contributed by atoms with Gasteiger partial charge >= 0.3 is 0 Å². The fourth-order valence-electron chi connectivity index (χ4n) is 2.12. The lowest BCUT2D eigenvalue weighted by Gasteiger charge is -2.15. The molecule has 1 fully saturated rings. The maximum absolute atomic E-state index is 6.13. The summed E-state index contributed by atoms with van der Waals surface area (Å²) in [6.07, 6.45) is 1.53. The topological polar surface area (TPSA) is 21.3 Å². The molecule has 0 bridgehead atoms. The number of hydrogen-bond donors (Lipinski definition) is 1. The van der Waals surface area contributed by atoms with Crippen LogP contribution in [0.25, 0.3) is 0 Å². The SMILES string of the molecule is CC1OCCC1CNCc1cc(Br)ccc1Cl. The molecule has 0 amide bonds. The van der Waals surface area contributed by atoms with Crippen LogP contribution in [-0.2, 0) is 11.3 Å². The molecule has 2 nitrogen and oxygen atoms in total. The lowest BCUT2D eigenvalue weighted by molar-refractivity contribution is 0.105. The Bertz CT molecular complexity index is 386. The van der Waals surface area contributed by atoms with E-state index >= 15 is 0 Å². The molecule has 1 N–H and O–H groups in total. The minimum atomic E-state index is 0.375. The van der Waals surface area contributed by atoms with Crippen molar-refractivity contribution >= 4 is 27.5 Å². The van der Waals surface area contributed by atoms with E-state index in [1.165, 1.54) is 0 Å². The second-order valence-electron chi connectivity index (χ2n) is 4.49. The molecule has 1 saturated heterocycles. The Morgan fingerprint density at radius 2 is 2.35 bits per heavy atom. The lowest BCUT2D eigenvalue weighted by Crippen LogP contribution is -2.26. The fraction of sp³-hybridized carbons (Fsp3) is 0.538. The van der Waals surface area contributed by atoms with Gasteiger partial charge in [-0.3, -0.25) is 0 Å². The Kier molecular flexibility index (Phi) is 4.86. The molecule has 0 spiro atoms. The third-order valence-corrected chi connectivity index (χ3v) is 4.12. The summed E-state index contributed by atoms with van der Waals surface area (Å²) in [7, 11) is 0. The van der Waals surface area contributed by atoms with Crippen LogP contribution in [0.4, 0.5) is 0 Å². The third-order valence-electron chi connectivity index (χ3n) is 3.26. The van der Waals surface area contributed by atoms with Gasteiger partial charge in [0.1, 0.15) is 0 Å². The van der Waals surface area contributed by atoms with E-state index in [-0.39, 0.29) is 0 Å². The van der Waals surface area contributed by atoms with Crippen molar-refractivity contribution < 1.29 is 4.74 Å². The number of hydrogen-bond acceptors (Lipinski definition) is 2. The average molecular weight is 319 g/mol. The quantitative estimate of drug-likeness (QED) is 0.915. The van der Waals surface area contributed by atoms with E-state index in [4.69, 9.17) is 16.3 Å². The molecule has 1 aliphatic rings. The second-order valence-corrected chi connectivity index (χ2v) is 5.81. The molecule has 4 heteroatoms. The Hall–Kier alpha value is -0.0900. The van der Waals surface area contributed by atoms with E-state index in [1.807, 2.05) is 12.1 Å². The number of halogens is 2. The molecule has 2 atom stereocenters. The molecule has 0 aromatic heterocycles. The van der Waals surface area contributed by atoms with Gasteiger partial charge in [-0.15, -0.1) is 0 Å². The summed E-state index contributed by atoms with van der Waals surface area (Å²) in [6, 6.07) is 5.94. The van der Waals surface area contributed by atoms with Gasteiger partial charge in [0, 0.05) is 29.2 Å². The summed E-state index contributed by atoms with van der Waals surface area (Å²) in [4.78, 5) is 0. The first-order chi connectivity index (χ1) is 8.16. The minimum absolute atomic E-state index is 0.375. The smallest absolute Gasteiger partial charge is 0.0588 e. The van der Waals surface area contributed by atoms with Crippen LogP contribution in [-0.4, -0.2) is 19.3 Å². The average Bonchev–Trinajstić information content (AvgIpc) is 2.70. The molecular formula is C13H17BrClNO. The lowest BCUT2D eigenvalue weighted by atomic mass is 10.0. The highest BCUT2D eigenvalue weighted by Gasteiger charge is 2.23. The van der Waals surface area contributed by atoms with Crippen molar-refractivity contribution in [2.24, 2.45) is 5.92 Å². The van der Waals surface area contributed by atoms with Crippen LogP contribution in [0.3, 0.4) is 0 Å². The van der Waals surface area contributed by atoms with Crippen molar-refractivity contribution in [3.63, 3.8) is 0 Å². The van der Waals surface area contributed by atoms with E-state index in [0.29, 0.717) is 12.0 Å². The van der Waals surface area contributed by atoms with E-state index in [1.54, 1.807) is 0 Å². The number of nitrogens with one attached hydrogen (secondary N) is 1. The van der Waals surface area contributed by atoms with Gasteiger partial charge < -0.3 is 10.1 Å². The van der Waals surface area contributed by atoms with Crippen molar-refractivity contribution in [3.05, 3.63) is 33.3 Å². The molecule has 1 aliphatic heterocycles. The van der Waals surface area contributed by atoms with Crippen molar-refractivity contribution in [1.29, 1.82) is 0 Å². The molecule has 17 heavy (non-hydrogen) atoms. The summed E-state index contributed by atoms with van der Waals surface area (Å²) in [5, 5.41) is 4.27. The molecule has 1 aromatic carbocycles. The first-order valence-electron chi connectivity index (χ1n) is 5.93.